The number of rotatable bonds is 9. The largest absolute Gasteiger partial charge is 0.507 e. The summed E-state index contributed by atoms with van der Waals surface area (Å²) in [6.45, 7) is 0. The highest BCUT2D eigenvalue weighted by Crippen LogP contribution is 2.44. The summed E-state index contributed by atoms with van der Waals surface area (Å²) in [6.07, 6.45) is 1.28. The number of phenolic OH excluding ortho intramolecular Hbond substituents is 1. The van der Waals surface area contributed by atoms with E-state index in [4.69, 9.17) is 17.0 Å². The molecule has 5 rings (SSSR count). The Labute approximate surface area is 240 Å². The molecular weight excluding hydrogens is 523 g/mol. The third-order valence-electron chi connectivity index (χ3n) is 7.69. The van der Waals surface area contributed by atoms with E-state index < -0.39 is 6.10 Å². The van der Waals surface area contributed by atoms with E-state index in [0.717, 1.165) is 28.8 Å². The van der Waals surface area contributed by atoms with Crippen LogP contribution in [0.2, 0.25) is 0 Å². The minimum absolute atomic E-state index is 0.0546. The van der Waals surface area contributed by atoms with Crippen molar-refractivity contribution in [2.24, 2.45) is 0 Å². The molecule has 4 aromatic carbocycles. The maximum absolute atomic E-state index is 13.3. The van der Waals surface area contributed by atoms with Crippen molar-refractivity contribution in [3.8, 4) is 22.6 Å². The first-order valence-electron chi connectivity index (χ1n) is 13.4. The van der Waals surface area contributed by atoms with Crippen molar-refractivity contribution in [1.82, 2.24) is 4.90 Å². The molecule has 40 heavy (non-hydrogen) atoms. The molecule has 0 amide bonds. The average Bonchev–Trinajstić information content (AvgIpc) is 3.22. The monoisotopic (exact) mass is 556 g/mol. The summed E-state index contributed by atoms with van der Waals surface area (Å²) in [5, 5.41) is 22.5. The zero-order chi connectivity index (χ0) is 28.2. The molecule has 1 heterocycles. The molecule has 206 valence electrons. The van der Waals surface area contributed by atoms with Gasteiger partial charge in [-0.15, -0.1) is 0 Å². The van der Waals surface area contributed by atoms with Crippen molar-refractivity contribution < 1.29 is 19.3 Å². The van der Waals surface area contributed by atoms with Crippen molar-refractivity contribution in [1.29, 1.82) is 0 Å². The zero-order valence-corrected chi connectivity index (χ0v) is 23.4. The number of methoxy groups -OCH3 is 1. The fraction of sp³-hybridized carbons (Fsp3) is 0.242. The van der Waals surface area contributed by atoms with Gasteiger partial charge in [0.25, 0.3) is 0 Å². The lowest BCUT2D eigenvalue weighted by molar-refractivity contribution is 0.159. The number of aliphatic hydroxyl groups excluding tert-OH is 1. The van der Waals surface area contributed by atoms with Gasteiger partial charge in [-0.05, 0) is 84.6 Å². The van der Waals surface area contributed by atoms with Crippen molar-refractivity contribution in [3.05, 3.63) is 114 Å². The Hall–Kier alpha value is -3.94. The number of benzene rings is 4. The van der Waals surface area contributed by atoms with Gasteiger partial charge in [0.15, 0.2) is 5.11 Å². The Morgan fingerprint density at radius 2 is 1.60 bits per heavy atom. The smallest absolute Gasteiger partial charge is 0.176 e. The van der Waals surface area contributed by atoms with E-state index in [9.17, 15) is 14.6 Å². The molecule has 1 saturated heterocycles. The van der Waals surface area contributed by atoms with Crippen LogP contribution in [0.1, 0.15) is 42.5 Å². The second-order valence-corrected chi connectivity index (χ2v) is 10.5. The average molecular weight is 557 g/mol. The van der Waals surface area contributed by atoms with Crippen LogP contribution in [-0.2, 0) is 0 Å². The summed E-state index contributed by atoms with van der Waals surface area (Å²) in [5.74, 6) is 0.397. The van der Waals surface area contributed by atoms with Crippen molar-refractivity contribution in [2.75, 3.05) is 19.1 Å². The van der Waals surface area contributed by atoms with Crippen LogP contribution in [0.3, 0.4) is 0 Å². The fourth-order valence-corrected chi connectivity index (χ4v) is 5.86. The van der Waals surface area contributed by atoms with E-state index in [1.165, 1.54) is 12.1 Å². The van der Waals surface area contributed by atoms with Gasteiger partial charge < -0.3 is 24.7 Å². The number of aromatic hydroxyl groups is 1. The second kappa shape index (κ2) is 12.1. The van der Waals surface area contributed by atoms with Crippen LogP contribution in [-0.4, -0.2) is 40.4 Å². The number of anilines is 1. The molecule has 0 spiro atoms. The molecule has 0 saturated carbocycles. The lowest BCUT2D eigenvalue weighted by Gasteiger charge is -2.29. The fourth-order valence-electron chi connectivity index (χ4n) is 5.50. The predicted molar refractivity (Wildman–Crippen MR) is 161 cm³/mol. The Balaban J connectivity index is 1.43. The normalized spacial score (nSPS) is 17.8. The topological polar surface area (TPSA) is 56.2 Å². The maximum atomic E-state index is 13.3. The number of likely N-dealkylation sites (N-methyl/N-ethyl adjacent to an activating group) is 1. The van der Waals surface area contributed by atoms with Crippen LogP contribution >= 0.6 is 12.2 Å². The first kappa shape index (κ1) is 27.6. The number of hydrogen-bond acceptors (Lipinski definition) is 4. The number of thiocarbonyl (C=S) groups is 1. The lowest BCUT2D eigenvalue weighted by Crippen LogP contribution is -2.30. The van der Waals surface area contributed by atoms with Crippen molar-refractivity contribution in [3.63, 3.8) is 0 Å². The molecule has 1 aliphatic heterocycles. The van der Waals surface area contributed by atoms with Gasteiger partial charge in [0, 0.05) is 24.4 Å². The minimum atomic E-state index is -0.686. The maximum Gasteiger partial charge on any atom is 0.176 e. The van der Waals surface area contributed by atoms with E-state index >= 15 is 0 Å². The quantitative estimate of drug-likeness (QED) is 0.212. The number of nitrogens with zero attached hydrogens (tertiary/aromatic N) is 2. The van der Waals surface area contributed by atoms with Gasteiger partial charge in [-0.25, -0.2) is 4.39 Å². The van der Waals surface area contributed by atoms with Crippen LogP contribution in [0.15, 0.2) is 97.1 Å². The standard InChI is InChI=1S/C33H33FN2O3S/c1-35-29(9-6-10-30(37)24-11-15-25(34)16-12-24)32(28-20-19-27(39-2)21-31(28)38)36(33(35)40)26-17-13-23(14-18-26)22-7-4-3-5-8-22/h3-5,7-8,11-21,29-30,32,37-38H,6,9-10H2,1-2H3/t29-,30?,32-/m1/s1. The van der Waals surface area contributed by atoms with Crippen LogP contribution in [0.4, 0.5) is 10.1 Å². The number of hydrogen-bond donors (Lipinski definition) is 2. The molecule has 1 fully saturated rings. The number of aliphatic hydroxyl groups is 1. The Kier molecular flexibility index (Phi) is 8.33. The molecule has 7 heteroatoms. The van der Waals surface area contributed by atoms with Gasteiger partial charge in [0.05, 0.1) is 25.3 Å². The summed E-state index contributed by atoms with van der Waals surface area (Å²) in [7, 11) is 3.55. The third-order valence-corrected chi connectivity index (χ3v) is 8.17. The summed E-state index contributed by atoms with van der Waals surface area (Å²) in [5.41, 5.74) is 4.63. The van der Waals surface area contributed by atoms with Crippen LogP contribution in [0, 0.1) is 5.82 Å². The molecule has 5 nitrogen and oxygen atoms in total. The molecular formula is C33H33FN2O3S. The highest BCUT2D eigenvalue weighted by Gasteiger charge is 2.43. The Morgan fingerprint density at radius 1 is 0.925 bits per heavy atom. The zero-order valence-electron chi connectivity index (χ0n) is 22.6. The van der Waals surface area contributed by atoms with Crippen molar-refractivity contribution in [2.45, 2.75) is 37.5 Å². The third kappa shape index (κ3) is 5.67. The molecule has 4 aromatic rings. The number of halogens is 1. The first-order valence-corrected chi connectivity index (χ1v) is 13.8. The summed E-state index contributed by atoms with van der Waals surface area (Å²) >= 11 is 5.97. The lowest BCUT2D eigenvalue weighted by atomic mass is 9.92. The van der Waals surface area contributed by atoms with E-state index in [2.05, 4.69) is 46.2 Å². The first-order chi connectivity index (χ1) is 19.4. The molecule has 3 atom stereocenters. The van der Waals surface area contributed by atoms with Gasteiger partial charge in [-0.3, -0.25) is 0 Å². The Bertz CT molecular complexity index is 1450. The summed E-state index contributed by atoms with van der Waals surface area (Å²) in [4.78, 5) is 4.19. The van der Waals surface area contributed by atoms with Crippen LogP contribution in [0.5, 0.6) is 11.5 Å². The van der Waals surface area contributed by atoms with Crippen LogP contribution in [0.25, 0.3) is 11.1 Å². The van der Waals surface area contributed by atoms with E-state index in [1.54, 1.807) is 25.3 Å². The minimum Gasteiger partial charge on any atom is -0.507 e. The predicted octanol–water partition coefficient (Wildman–Crippen LogP) is 7.26. The Morgan fingerprint density at radius 3 is 2.25 bits per heavy atom. The molecule has 1 unspecified atom stereocenters. The van der Waals surface area contributed by atoms with E-state index in [1.807, 2.05) is 37.4 Å². The number of ether oxygens (including phenoxy) is 1. The van der Waals surface area contributed by atoms with Crippen LogP contribution < -0.4 is 9.64 Å². The molecule has 0 radical (unpaired) electrons. The van der Waals surface area contributed by atoms with Gasteiger partial charge in [-0.1, -0.05) is 54.6 Å². The molecule has 0 aromatic heterocycles. The van der Waals surface area contributed by atoms with Gasteiger partial charge in [0.2, 0.25) is 0 Å². The van der Waals surface area contributed by atoms with Gasteiger partial charge in [-0.2, -0.15) is 0 Å². The highest BCUT2D eigenvalue weighted by atomic mass is 32.1. The number of phenols is 1. The van der Waals surface area contributed by atoms with Gasteiger partial charge in [0.1, 0.15) is 17.3 Å². The SMILES string of the molecule is COc1ccc([C@@H]2[C@@H](CCCC(O)c3ccc(F)cc3)N(C)C(=S)N2c2ccc(-c3ccccc3)cc2)c(O)c1. The second-order valence-electron chi connectivity index (χ2n) is 10.1. The molecule has 1 aliphatic rings. The molecule has 2 N–H and O–H groups in total. The highest BCUT2D eigenvalue weighted by molar-refractivity contribution is 7.80. The van der Waals surface area contributed by atoms with Crippen molar-refractivity contribution >= 4 is 23.0 Å². The van der Waals surface area contributed by atoms with Gasteiger partial charge >= 0.3 is 0 Å². The molecule has 0 bridgehead atoms. The van der Waals surface area contributed by atoms with E-state index in [0.29, 0.717) is 29.3 Å². The molecule has 0 aliphatic carbocycles. The summed E-state index contributed by atoms with van der Waals surface area (Å²) in [6, 6.07) is 29.6. The van der Waals surface area contributed by atoms with E-state index in [-0.39, 0.29) is 23.7 Å². The summed E-state index contributed by atoms with van der Waals surface area (Å²) < 4.78 is 18.7.